The molecule has 1 unspecified atom stereocenters. The van der Waals surface area contributed by atoms with E-state index in [1.165, 1.54) is 12.1 Å². The van der Waals surface area contributed by atoms with Crippen LogP contribution in [-0.4, -0.2) is 18.5 Å². The molecule has 0 saturated heterocycles. The molecule has 0 fully saturated rings. The molecular weight excluding hydrogens is 231 g/mol. The predicted molar refractivity (Wildman–Crippen MR) is 70.7 cm³/mol. The summed E-state index contributed by atoms with van der Waals surface area (Å²) in [5.74, 6) is -0.267. The zero-order chi connectivity index (χ0) is 13.5. The lowest BCUT2D eigenvalue weighted by atomic mass is 10.0. The first kappa shape index (κ1) is 14.6. The number of amides is 1. The topological polar surface area (TPSA) is 41.1 Å². The molecule has 4 heteroatoms. The first-order chi connectivity index (χ1) is 8.52. The summed E-state index contributed by atoms with van der Waals surface area (Å²) in [7, 11) is 0. The van der Waals surface area contributed by atoms with E-state index in [-0.39, 0.29) is 30.4 Å². The van der Waals surface area contributed by atoms with Gasteiger partial charge in [0.05, 0.1) is 6.54 Å². The Morgan fingerprint density at radius 1 is 1.28 bits per heavy atom. The van der Waals surface area contributed by atoms with Crippen molar-refractivity contribution in [1.29, 1.82) is 0 Å². The van der Waals surface area contributed by atoms with E-state index < -0.39 is 0 Å². The van der Waals surface area contributed by atoms with Crippen LogP contribution in [0.25, 0.3) is 0 Å². The number of carbonyl (C=O) groups excluding carboxylic acids is 1. The fourth-order valence-electron chi connectivity index (χ4n) is 1.78. The van der Waals surface area contributed by atoms with Gasteiger partial charge in [-0.2, -0.15) is 0 Å². The van der Waals surface area contributed by atoms with Crippen molar-refractivity contribution in [3.63, 3.8) is 0 Å². The minimum absolute atomic E-state index is 0.0226. The van der Waals surface area contributed by atoms with Crippen molar-refractivity contribution >= 4 is 5.91 Å². The Bertz CT molecular complexity index is 376. The number of nitrogens with one attached hydrogen (secondary N) is 2. The summed E-state index contributed by atoms with van der Waals surface area (Å²) in [6.07, 6.45) is 0.848. The highest BCUT2D eigenvalue weighted by molar-refractivity contribution is 5.78. The number of hydrogen-bond acceptors (Lipinski definition) is 2. The number of carbonyl (C=O) groups is 1. The van der Waals surface area contributed by atoms with Gasteiger partial charge < -0.3 is 10.6 Å². The number of halogens is 1. The quantitative estimate of drug-likeness (QED) is 0.816. The van der Waals surface area contributed by atoms with Crippen LogP contribution in [0, 0.1) is 5.82 Å². The molecule has 0 saturated carbocycles. The summed E-state index contributed by atoms with van der Waals surface area (Å²) < 4.78 is 12.8. The van der Waals surface area contributed by atoms with Gasteiger partial charge in [-0.3, -0.25) is 4.79 Å². The predicted octanol–water partition coefficient (Wildman–Crippen LogP) is 2.39. The molecule has 0 spiro atoms. The molecule has 0 aliphatic rings. The Kier molecular flexibility index (Phi) is 5.78. The van der Waals surface area contributed by atoms with Crippen LogP contribution < -0.4 is 10.6 Å². The Morgan fingerprint density at radius 3 is 2.39 bits per heavy atom. The van der Waals surface area contributed by atoms with E-state index in [0.29, 0.717) is 0 Å². The second-order valence-electron chi connectivity index (χ2n) is 4.62. The van der Waals surface area contributed by atoms with Crippen molar-refractivity contribution in [3.8, 4) is 0 Å². The molecule has 1 rings (SSSR count). The Hall–Kier alpha value is -1.42. The summed E-state index contributed by atoms with van der Waals surface area (Å²) in [4.78, 5) is 11.5. The van der Waals surface area contributed by atoms with Crippen molar-refractivity contribution in [3.05, 3.63) is 35.6 Å². The van der Waals surface area contributed by atoms with Gasteiger partial charge in [0.2, 0.25) is 5.91 Å². The third-order valence-corrected chi connectivity index (χ3v) is 2.64. The molecule has 0 radical (unpaired) electrons. The van der Waals surface area contributed by atoms with Crippen molar-refractivity contribution in [2.24, 2.45) is 0 Å². The van der Waals surface area contributed by atoms with E-state index in [2.05, 4.69) is 10.6 Å². The lowest BCUT2D eigenvalue weighted by Gasteiger charge is -2.18. The van der Waals surface area contributed by atoms with E-state index >= 15 is 0 Å². The van der Waals surface area contributed by atoms with Gasteiger partial charge in [0, 0.05) is 12.1 Å². The summed E-state index contributed by atoms with van der Waals surface area (Å²) in [5.41, 5.74) is 0.997. The number of benzene rings is 1. The van der Waals surface area contributed by atoms with Gasteiger partial charge in [-0.1, -0.05) is 19.1 Å². The molecule has 3 nitrogen and oxygen atoms in total. The van der Waals surface area contributed by atoms with Gasteiger partial charge in [0.1, 0.15) is 5.82 Å². The zero-order valence-electron chi connectivity index (χ0n) is 11.2. The Morgan fingerprint density at radius 2 is 1.89 bits per heavy atom. The molecule has 1 aromatic rings. The van der Waals surface area contributed by atoms with Crippen LogP contribution in [0.3, 0.4) is 0 Å². The third kappa shape index (κ3) is 4.84. The van der Waals surface area contributed by atoms with Crippen molar-refractivity contribution < 1.29 is 9.18 Å². The van der Waals surface area contributed by atoms with Crippen LogP contribution in [0.4, 0.5) is 4.39 Å². The molecular formula is C14H21FN2O. The van der Waals surface area contributed by atoms with Crippen LogP contribution in [0.15, 0.2) is 24.3 Å². The highest BCUT2D eigenvalue weighted by atomic mass is 19.1. The van der Waals surface area contributed by atoms with E-state index in [4.69, 9.17) is 0 Å². The first-order valence-electron chi connectivity index (χ1n) is 6.31. The average molecular weight is 252 g/mol. The standard InChI is InChI=1S/C14H21FN2O/c1-4-13(11-5-7-12(15)8-6-11)16-9-14(18)17-10(2)3/h5-8,10,13,16H,4,9H2,1-3H3,(H,17,18). The lowest BCUT2D eigenvalue weighted by Crippen LogP contribution is -2.38. The summed E-state index contributed by atoms with van der Waals surface area (Å²) in [5, 5.41) is 6.00. The van der Waals surface area contributed by atoms with Gasteiger partial charge in [0.25, 0.3) is 0 Å². The molecule has 1 aromatic carbocycles. The van der Waals surface area contributed by atoms with Crippen molar-refractivity contribution in [1.82, 2.24) is 10.6 Å². The van der Waals surface area contributed by atoms with E-state index in [1.54, 1.807) is 12.1 Å². The first-order valence-corrected chi connectivity index (χ1v) is 6.31. The largest absolute Gasteiger partial charge is 0.353 e. The van der Waals surface area contributed by atoms with Gasteiger partial charge >= 0.3 is 0 Å². The molecule has 1 amide bonds. The maximum Gasteiger partial charge on any atom is 0.234 e. The fraction of sp³-hybridized carbons (Fsp3) is 0.500. The van der Waals surface area contributed by atoms with Crippen LogP contribution in [-0.2, 0) is 4.79 Å². The summed E-state index contributed by atoms with van der Waals surface area (Å²) >= 11 is 0. The van der Waals surface area contributed by atoms with Gasteiger partial charge in [0.15, 0.2) is 0 Å². The molecule has 2 N–H and O–H groups in total. The zero-order valence-corrected chi connectivity index (χ0v) is 11.2. The second kappa shape index (κ2) is 7.11. The maximum absolute atomic E-state index is 12.8. The third-order valence-electron chi connectivity index (χ3n) is 2.64. The van der Waals surface area contributed by atoms with E-state index in [9.17, 15) is 9.18 Å². The van der Waals surface area contributed by atoms with Crippen LogP contribution >= 0.6 is 0 Å². The maximum atomic E-state index is 12.8. The molecule has 0 heterocycles. The molecule has 0 aliphatic heterocycles. The second-order valence-corrected chi connectivity index (χ2v) is 4.62. The molecule has 18 heavy (non-hydrogen) atoms. The van der Waals surface area contributed by atoms with Crippen LogP contribution in [0.2, 0.25) is 0 Å². The smallest absolute Gasteiger partial charge is 0.234 e. The molecule has 1 atom stereocenters. The summed E-state index contributed by atoms with van der Waals surface area (Å²) in [6, 6.07) is 6.59. The highest BCUT2D eigenvalue weighted by Crippen LogP contribution is 2.16. The Balaban J connectivity index is 2.52. The van der Waals surface area contributed by atoms with Gasteiger partial charge in [-0.25, -0.2) is 4.39 Å². The monoisotopic (exact) mass is 252 g/mol. The van der Waals surface area contributed by atoms with E-state index in [0.717, 1.165) is 12.0 Å². The van der Waals surface area contributed by atoms with Gasteiger partial charge in [-0.05, 0) is 38.0 Å². The average Bonchev–Trinajstić information content (AvgIpc) is 2.31. The van der Waals surface area contributed by atoms with Crippen LogP contribution in [0.1, 0.15) is 38.8 Å². The minimum atomic E-state index is -0.244. The van der Waals surface area contributed by atoms with Gasteiger partial charge in [-0.15, -0.1) is 0 Å². The SMILES string of the molecule is CCC(NCC(=O)NC(C)C)c1ccc(F)cc1. The molecule has 0 aromatic heterocycles. The number of rotatable bonds is 6. The molecule has 0 bridgehead atoms. The van der Waals surface area contributed by atoms with Crippen molar-refractivity contribution in [2.75, 3.05) is 6.54 Å². The fourth-order valence-corrected chi connectivity index (χ4v) is 1.78. The normalized spacial score (nSPS) is 12.5. The molecule has 100 valence electrons. The highest BCUT2D eigenvalue weighted by Gasteiger charge is 2.11. The molecule has 0 aliphatic carbocycles. The Labute approximate surface area is 108 Å². The van der Waals surface area contributed by atoms with Crippen LogP contribution in [0.5, 0.6) is 0 Å². The lowest BCUT2D eigenvalue weighted by molar-refractivity contribution is -0.120. The van der Waals surface area contributed by atoms with Crippen molar-refractivity contribution in [2.45, 2.75) is 39.3 Å². The minimum Gasteiger partial charge on any atom is -0.353 e. The van der Waals surface area contributed by atoms with E-state index in [1.807, 2.05) is 20.8 Å². The summed E-state index contributed by atoms with van der Waals surface area (Å²) in [6.45, 7) is 6.15. The number of hydrogen-bond donors (Lipinski definition) is 2.